The molecule has 4 aromatic carbocycles. The number of H-pyrrole nitrogens is 1. The lowest BCUT2D eigenvalue weighted by Crippen LogP contribution is -2.39. The number of benzene rings is 4. The van der Waals surface area contributed by atoms with E-state index in [2.05, 4.69) is 15.3 Å². The lowest BCUT2D eigenvalue weighted by molar-refractivity contribution is -0.117. The number of Topliss-reactive ketones (excluding diaryl/α,β-unsaturated/α-hetero) is 1. The quantitative estimate of drug-likeness (QED) is 0.180. The van der Waals surface area contributed by atoms with Gasteiger partial charge in [-0.3, -0.25) is 14.5 Å². The first kappa shape index (κ1) is 29.6. The molecule has 1 amide bonds. The number of aromatic amines is 1. The van der Waals surface area contributed by atoms with E-state index in [0.717, 1.165) is 33.5 Å². The van der Waals surface area contributed by atoms with Crippen LogP contribution in [0.2, 0.25) is 0 Å². The Labute approximate surface area is 269 Å². The van der Waals surface area contributed by atoms with Crippen LogP contribution in [0.5, 0.6) is 11.5 Å². The summed E-state index contributed by atoms with van der Waals surface area (Å²) in [4.78, 5) is 38.4. The van der Waals surface area contributed by atoms with Crippen molar-refractivity contribution in [2.24, 2.45) is 0 Å². The van der Waals surface area contributed by atoms with E-state index in [1.165, 1.54) is 23.9 Å². The topological polar surface area (TPSA) is 96.6 Å². The number of anilines is 2. The van der Waals surface area contributed by atoms with Crippen LogP contribution in [-0.4, -0.2) is 41.6 Å². The number of methoxy groups -OCH3 is 2. The van der Waals surface area contributed by atoms with Crippen molar-refractivity contribution in [2.75, 3.05) is 30.2 Å². The molecule has 0 bridgehead atoms. The Kier molecular flexibility index (Phi) is 7.96. The van der Waals surface area contributed by atoms with Gasteiger partial charge in [0.15, 0.2) is 10.9 Å². The van der Waals surface area contributed by atoms with Crippen LogP contribution in [0.1, 0.15) is 35.9 Å². The number of amides is 1. The summed E-state index contributed by atoms with van der Waals surface area (Å²) in [7, 11) is 3.20. The Morgan fingerprint density at radius 1 is 0.935 bits per heavy atom. The number of para-hydroxylation sites is 2. The van der Waals surface area contributed by atoms with Crippen molar-refractivity contribution >= 4 is 45.9 Å². The molecule has 2 N–H and O–H groups in total. The highest BCUT2D eigenvalue weighted by atomic mass is 32.2. The van der Waals surface area contributed by atoms with E-state index in [9.17, 15) is 14.0 Å². The summed E-state index contributed by atoms with van der Waals surface area (Å²) in [6.45, 7) is 0. The lowest BCUT2D eigenvalue weighted by Gasteiger charge is -2.35. The number of ether oxygens (including phenoxy) is 2. The van der Waals surface area contributed by atoms with Gasteiger partial charge in [0, 0.05) is 23.8 Å². The van der Waals surface area contributed by atoms with Gasteiger partial charge in [0.05, 0.1) is 48.4 Å². The van der Waals surface area contributed by atoms with Gasteiger partial charge in [-0.2, -0.15) is 0 Å². The number of halogens is 1. The predicted octanol–water partition coefficient (Wildman–Crippen LogP) is 7.41. The van der Waals surface area contributed by atoms with Gasteiger partial charge in [0.1, 0.15) is 17.3 Å². The van der Waals surface area contributed by atoms with E-state index in [1.807, 2.05) is 66.7 Å². The zero-order valence-electron chi connectivity index (χ0n) is 25.2. The monoisotopic (exact) mass is 634 g/mol. The highest BCUT2D eigenvalue weighted by Gasteiger charge is 2.41. The minimum absolute atomic E-state index is 0.0691. The summed E-state index contributed by atoms with van der Waals surface area (Å²) in [6.07, 6.45) is 0.767. The van der Waals surface area contributed by atoms with E-state index in [-0.39, 0.29) is 35.6 Å². The Bertz CT molecular complexity index is 1990. The van der Waals surface area contributed by atoms with Gasteiger partial charge >= 0.3 is 0 Å². The van der Waals surface area contributed by atoms with Crippen LogP contribution in [0.15, 0.2) is 107 Å². The number of hydrogen-bond donors (Lipinski definition) is 2. The summed E-state index contributed by atoms with van der Waals surface area (Å²) in [6, 6.07) is 26.3. The average molecular weight is 635 g/mol. The highest BCUT2D eigenvalue weighted by molar-refractivity contribution is 7.99. The van der Waals surface area contributed by atoms with Gasteiger partial charge in [-0.15, -0.1) is 0 Å². The van der Waals surface area contributed by atoms with Crippen LogP contribution in [0.4, 0.5) is 15.8 Å². The molecule has 46 heavy (non-hydrogen) atoms. The number of thioether (sulfide) groups is 1. The molecule has 2 atom stereocenters. The highest BCUT2D eigenvalue weighted by Crippen LogP contribution is 2.48. The first-order valence-electron chi connectivity index (χ1n) is 14.9. The number of rotatable bonds is 7. The predicted molar refractivity (Wildman–Crippen MR) is 177 cm³/mol. The van der Waals surface area contributed by atoms with Crippen LogP contribution in [-0.2, 0) is 9.59 Å². The second-order valence-corrected chi connectivity index (χ2v) is 12.2. The fourth-order valence-corrected chi connectivity index (χ4v) is 7.07. The molecular weight excluding hydrogens is 603 g/mol. The summed E-state index contributed by atoms with van der Waals surface area (Å²) >= 11 is 1.30. The number of carbonyl (C=O) groups excluding carboxylic acids is 2. The molecule has 0 saturated carbocycles. The molecule has 0 radical (unpaired) electrons. The van der Waals surface area contributed by atoms with Gasteiger partial charge in [-0.25, -0.2) is 9.37 Å². The van der Waals surface area contributed by atoms with Crippen molar-refractivity contribution in [1.29, 1.82) is 0 Å². The number of imidazole rings is 1. The number of nitrogens with zero attached hydrogens (tertiary/aromatic N) is 2. The van der Waals surface area contributed by atoms with Crippen LogP contribution in [0, 0.1) is 5.82 Å². The van der Waals surface area contributed by atoms with Crippen molar-refractivity contribution in [3.8, 4) is 11.5 Å². The SMILES string of the molecule is COc1cccc([C@H]2C3=C(C[C@@H](c4ccc(F)cc4)CC3=O)Nc3ccccc3N2C(=O)CSc2nc3ccc(OC)cc3[nH]2)c1. The smallest absolute Gasteiger partial charge is 0.238 e. The number of allylic oxidation sites excluding steroid dienone is 1. The number of hydrogen-bond acceptors (Lipinski definition) is 7. The lowest BCUT2D eigenvalue weighted by atomic mass is 9.78. The number of aromatic nitrogens is 2. The van der Waals surface area contributed by atoms with Gasteiger partial charge < -0.3 is 19.8 Å². The van der Waals surface area contributed by atoms with Crippen molar-refractivity contribution in [3.63, 3.8) is 0 Å². The molecule has 1 aromatic heterocycles. The van der Waals surface area contributed by atoms with Gasteiger partial charge in [-0.05, 0) is 72.0 Å². The largest absolute Gasteiger partial charge is 0.497 e. The first-order valence-corrected chi connectivity index (χ1v) is 15.9. The third kappa shape index (κ3) is 5.60. The van der Waals surface area contributed by atoms with E-state index < -0.39 is 6.04 Å². The molecule has 1 aliphatic heterocycles. The number of nitrogens with one attached hydrogen (secondary N) is 2. The molecule has 8 nitrogen and oxygen atoms in total. The molecule has 2 heterocycles. The molecule has 5 aromatic rings. The summed E-state index contributed by atoms with van der Waals surface area (Å²) < 4.78 is 24.6. The summed E-state index contributed by atoms with van der Waals surface area (Å²) in [5.41, 5.74) is 5.91. The Balaban J connectivity index is 1.30. The minimum Gasteiger partial charge on any atom is -0.497 e. The molecule has 0 fully saturated rings. The van der Waals surface area contributed by atoms with Crippen molar-refractivity contribution in [2.45, 2.75) is 30.0 Å². The molecule has 1 aliphatic carbocycles. The number of fused-ring (bicyclic) bond motifs is 2. The summed E-state index contributed by atoms with van der Waals surface area (Å²) in [5.74, 6) is 0.689. The first-order chi connectivity index (χ1) is 22.4. The van der Waals surface area contributed by atoms with Crippen LogP contribution in [0.3, 0.4) is 0 Å². The van der Waals surface area contributed by atoms with Gasteiger partial charge in [-0.1, -0.05) is 48.2 Å². The standard InChI is InChI=1S/C36H31FN4O4S/c1-44-25-7-5-6-22(16-25)35-34-30(17-23(18-32(34)42)21-10-12-24(37)13-11-21)38-28-8-3-4-9-31(28)41(35)33(43)20-46-36-39-27-15-14-26(45-2)19-29(27)40-36/h3-16,19,23,35,38H,17-18,20H2,1-2H3,(H,39,40)/t23-,35+/m1/s1. The van der Waals surface area contributed by atoms with Crippen LogP contribution in [0.25, 0.3) is 11.0 Å². The number of carbonyl (C=O) groups is 2. The Morgan fingerprint density at radius 3 is 2.52 bits per heavy atom. The number of ketones is 1. The third-order valence-corrected chi connectivity index (χ3v) is 9.37. The maximum absolute atomic E-state index is 14.5. The van der Waals surface area contributed by atoms with Gasteiger partial charge in [0.2, 0.25) is 5.91 Å². The zero-order chi connectivity index (χ0) is 31.8. The second-order valence-electron chi connectivity index (χ2n) is 11.3. The maximum atomic E-state index is 14.5. The normalized spacial score (nSPS) is 17.6. The van der Waals surface area contributed by atoms with E-state index in [1.54, 1.807) is 31.3 Å². The Morgan fingerprint density at radius 2 is 1.72 bits per heavy atom. The van der Waals surface area contributed by atoms with Crippen molar-refractivity contribution in [3.05, 3.63) is 119 Å². The van der Waals surface area contributed by atoms with E-state index >= 15 is 0 Å². The molecule has 232 valence electrons. The molecule has 7 rings (SSSR count). The Hall–Kier alpha value is -5.09. The molecular formula is C36H31FN4O4S. The second kappa shape index (κ2) is 12.4. The van der Waals surface area contributed by atoms with E-state index in [4.69, 9.17) is 9.47 Å². The molecule has 2 aliphatic rings. The maximum Gasteiger partial charge on any atom is 0.238 e. The molecule has 0 spiro atoms. The van der Waals surface area contributed by atoms with Crippen LogP contribution >= 0.6 is 11.8 Å². The fraction of sp³-hybridized carbons (Fsp3) is 0.194. The zero-order valence-corrected chi connectivity index (χ0v) is 26.1. The third-order valence-electron chi connectivity index (χ3n) is 8.51. The molecule has 0 saturated heterocycles. The molecule has 0 unspecified atom stereocenters. The van der Waals surface area contributed by atoms with Gasteiger partial charge in [0.25, 0.3) is 0 Å². The van der Waals surface area contributed by atoms with E-state index in [0.29, 0.717) is 34.3 Å². The minimum atomic E-state index is -0.712. The molecule has 10 heteroatoms. The average Bonchev–Trinajstić information content (AvgIpc) is 3.42. The van der Waals surface area contributed by atoms with Crippen molar-refractivity contribution in [1.82, 2.24) is 9.97 Å². The summed E-state index contributed by atoms with van der Waals surface area (Å²) in [5, 5.41) is 4.14. The van der Waals surface area contributed by atoms with Crippen LogP contribution < -0.4 is 19.7 Å². The fourth-order valence-electron chi connectivity index (χ4n) is 6.32. The van der Waals surface area contributed by atoms with Crippen molar-refractivity contribution < 1.29 is 23.5 Å².